The van der Waals surface area contributed by atoms with E-state index in [0.717, 1.165) is 0 Å². The Hall–Kier alpha value is -3.20. The number of carboxylic acid groups (broad SMARTS) is 1. The third-order valence-electron chi connectivity index (χ3n) is 3.23. The summed E-state index contributed by atoms with van der Waals surface area (Å²) in [5, 5.41) is 23.7. The lowest BCUT2D eigenvalue weighted by Gasteiger charge is -2.14. The van der Waals surface area contributed by atoms with E-state index in [9.17, 15) is 24.3 Å². The highest BCUT2D eigenvalue weighted by Gasteiger charge is 2.23. The number of phenolic OH excluding ortho intramolecular Hbond substituents is 1. The summed E-state index contributed by atoms with van der Waals surface area (Å²) >= 11 is 0. The second kappa shape index (κ2) is 6.92. The van der Waals surface area contributed by atoms with Crippen molar-refractivity contribution in [3.05, 3.63) is 44.2 Å². The number of phenols is 1. The highest BCUT2D eigenvalue weighted by molar-refractivity contribution is 6.02. The van der Waals surface area contributed by atoms with Crippen LogP contribution in [0.4, 0.5) is 11.4 Å². The first-order valence-corrected chi connectivity index (χ1v) is 6.78. The van der Waals surface area contributed by atoms with Gasteiger partial charge in [0.25, 0.3) is 10.9 Å². The summed E-state index contributed by atoms with van der Waals surface area (Å²) < 4.78 is 4.78. The Balaban J connectivity index is 2.20. The molecular formula is C15H14N2O7. The van der Waals surface area contributed by atoms with E-state index in [4.69, 9.17) is 9.84 Å². The van der Waals surface area contributed by atoms with E-state index in [-0.39, 0.29) is 29.2 Å². The number of carbonyl (C=O) groups is 2. The Morgan fingerprint density at radius 2 is 1.88 bits per heavy atom. The highest BCUT2D eigenvalue weighted by Crippen LogP contribution is 2.32. The number of aliphatic carboxylic acids is 1. The summed E-state index contributed by atoms with van der Waals surface area (Å²) in [6, 6.07) is 4.22. The molecule has 0 saturated carbocycles. The average Bonchev–Trinajstić information content (AvgIpc) is 2.55. The fraction of sp³-hybridized carbons (Fsp3) is 0.200. The molecule has 2 aromatic carbocycles. The SMILES string of the molecule is COc1c(Nc2cccc(C(=O)CNCC(=O)O)c2O)c(=O)c1=O. The molecule has 0 heterocycles. The largest absolute Gasteiger partial charge is 0.505 e. The standard InChI is InChI=1S/C15H14N2O7/c1-24-15-11(13(22)14(15)23)17-8-4-2-3-7(12(8)21)9(18)5-16-6-10(19)20/h2-4,16-17,21H,5-6H2,1H3,(H,19,20). The quantitative estimate of drug-likeness (QED) is 0.288. The van der Waals surface area contributed by atoms with Crippen molar-refractivity contribution in [1.29, 1.82) is 0 Å². The van der Waals surface area contributed by atoms with E-state index in [1.807, 2.05) is 0 Å². The molecule has 0 unspecified atom stereocenters. The summed E-state index contributed by atoms with van der Waals surface area (Å²) in [7, 11) is 1.23. The molecule has 0 aromatic heterocycles. The zero-order chi connectivity index (χ0) is 17.9. The molecule has 4 N–H and O–H groups in total. The average molecular weight is 334 g/mol. The van der Waals surface area contributed by atoms with Crippen LogP contribution in [0.25, 0.3) is 0 Å². The lowest BCUT2D eigenvalue weighted by Crippen LogP contribution is -2.34. The van der Waals surface area contributed by atoms with Gasteiger partial charge >= 0.3 is 5.97 Å². The van der Waals surface area contributed by atoms with Crippen LogP contribution in [-0.2, 0) is 4.79 Å². The normalized spacial score (nSPS) is 10.5. The van der Waals surface area contributed by atoms with Gasteiger partial charge in [0.1, 0.15) is 11.4 Å². The van der Waals surface area contributed by atoms with Crippen LogP contribution in [0.2, 0.25) is 0 Å². The van der Waals surface area contributed by atoms with Gasteiger partial charge in [0.15, 0.2) is 11.5 Å². The van der Waals surface area contributed by atoms with Crippen LogP contribution in [0.5, 0.6) is 11.5 Å². The Kier molecular flexibility index (Phi) is 4.95. The van der Waals surface area contributed by atoms with Gasteiger partial charge in [-0.2, -0.15) is 0 Å². The Bertz CT molecular complexity index is 865. The van der Waals surface area contributed by atoms with Gasteiger partial charge in [-0.05, 0) is 12.1 Å². The molecule has 2 aromatic rings. The van der Waals surface area contributed by atoms with E-state index in [1.54, 1.807) is 0 Å². The predicted molar refractivity (Wildman–Crippen MR) is 84.1 cm³/mol. The molecule has 0 radical (unpaired) electrons. The van der Waals surface area contributed by atoms with Crippen molar-refractivity contribution in [3.8, 4) is 11.5 Å². The van der Waals surface area contributed by atoms with Crippen LogP contribution in [0.3, 0.4) is 0 Å². The van der Waals surface area contributed by atoms with Crippen molar-refractivity contribution >= 4 is 23.1 Å². The van der Waals surface area contributed by atoms with Crippen molar-refractivity contribution in [3.63, 3.8) is 0 Å². The fourth-order valence-electron chi connectivity index (χ4n) is 2.06. The molecule has 0 bridgehead atoms. The topological polar surface area (TPSA) is 142 Å². The maximum atomic E-state index is 12.0. The number of nitrogens with one attached hydrogen (secondary N) is 2. The summed E-state index contributed by atoms with van der Waals surface area (Å²) in [5.41, 5.74) is -1.68. The van der Waals surface area contributed by atoms with Crippen LogP contribution in [0.15, 0.2) is 27.8 Å². The number of para-hydroxylation sites is 1. The number of ketones is 1. The summed E-state index contributed by atoms with van der Waals surface area (Å²) in [6.45, 7) is -0.683. The van der Waals surface area contributed by atoms with Gasteiger partial charge in [0, 0.05) is 0 Å². The molecule has 2 rings (SSSR count). The summed E-state index contributed by atoms with van der Waals surface area (Å²) in [4.78, 5) is 45.2. The molecule has 0 aliphatic carbocycles. The van der Waals surface area contributed by atoms with Crippen LogP contribution < -0.4 is 26.2 Å². The third-order valence-corrected chi connectivity index (χ3v) is 3.23. The molecule has 9 heteroatoms. The van der Waals surface area contributed by atoms with Crippen molar-refractivity contribution in [1.82, 2.24) is 5.32 Å². The zero-order valence-corrected chi connectivity index (χ0v) is 12.6. The first-order valence-electron chi connectivity index (χ1n) is 6.78. The second-order valence-electron chi connectivity index (χ2n) is 4.81. The number of hydrogen-bond donors (Lipinski definition) is 4. The number of methoxy groups -OCH3 is 1. The molecule has 126 valence electrons. The summed E-state index contributed by atoms with van der Waals surface area (Å²) in [5.74, 6) is -2.22. The minimum absolute atomic E-state index is 0.0458. The first kappa shape index (κ1) is 17.2. The number of benzene rings is 1. The van der Waals surface area contributed by atoms with Crippen LogP contribution in [0, 0.1) is 0 Å². The van der Waals surface area contributed by atoms with Crippen molar-refractivity contribution < 1.29 is 24.5 Å². The lowest BCUT2D eigenvalue weighted by atomic mass is 10.1. The predicted octanol–water partition coefficient (Wildman–Crippen LogP) is -0.403. The number of hydrogen-bond acceptors (Lipinski definition) is 8. The smallest absolute Gasteiger partial charge is 0.317 e. The minimum atomic E-state index is -1.12. The van der Waals surface area contributed by atoms with Crippen LogP contribution in [0.1, 0.15) is 10.4 Å². The molecule has 0 spiro atoms. The fourth-order valence-corrected chi connectivity index (χ4v) is 2.06. The molecular weight excluding hydrogens is 320 g/mol. The first-order chi connectivity index (χ1) is 11.4. The van der Waals surface area contributed by atoms with E-state index < -0.39 is 34.9 Å². The zero-order valence-electron chi connectivity index (χ0n) is 12.6. The molecule has 9 nitrogen and oxygen atoms in total. The highest BCUT2D eigenvalue weighted by atomic mass is 16.5. The third kappa shape index (κ3) is 3.25. The van der Waals surface area contributed by atoms with Gasteiger partial charge in [-0.3, -0.25) is 24.5 Å². The van der Waals surface area contributed by atoms with Gasteiger partial charge in [0.2, 0.25) is 0 Å². The number of Topliss-reactive ketones (excluding diaryl/α,β-unsaturated/α-hetero) is 1. The Labute approximate surface area is 135 Å². The second-order valence-corrected chi connectivity index (χ2v) is 4.81. The number of ether oxygens (including phenoxy) is 1. The number of aromatic hydroxyl groups is 1. The Morgan fingerprint density at radius 1 is 1.17 bits per heavy atom. The van der Waals surface area contributed by atoms with Crippen LogP contribution >= 0.6 is 0 Å². The molecule has 0 saturated heterocycles. The maximum Gasteiger partial charge on any atom is 0.317 e. The maximum absolute atomic E-state index is 12.0. The van der Waals surface area contributed by atoms with Crippen molar-refractivity contribution in [2.45, 2.75) is 0 Å². The van der Waals surface area contributed by atoms with E-state index >= 15 is 0 Å². The number of carbonyl (C=O) groups excluding carboxylic acids is 1. The lowest BCUT2D eigenvalue weighted by molar-refractivity contribution is -0.135. The number of carboxylic acids is 1. The van der Waals surface area contributed by atoms with Gasteiger partial charge < -0.3 is 20.3 Å². The van der Waals surface area contributed by atoms with E-state index in [2.05, 4.69) is 10.6 Å². The molecule has 0 aliphatic heterocycles. The van der Waals surface area contributed by atoms with Crippen molar-refractivity contribution in [2.75, 3.05) is 25.5 Å². The van der Waals surface area contributed by atoms with Gasteiger partial charge in [-0.1, -0.05) is 6.07 Å². The monoisotopic (exact) mass is 334 g/mol. The summed E-state index contributed by atoms with van der Waals surface area (Å²) in [6.07, 6.45) is 0. The molecule has 0 aliphatic rings. The number of rotatable bonds is 8. The van der Waals surface area contributed by atoms with Crippen molar-refractivity contribution in [2.24, 2.45) is 0 Å². The van der Waals surface area contributed by atoms with E-state index in [1.165, 1.54) is 25.3 Å². The van der Waals surface area contributed by atoms with E-state index in [0.29, 0.717) is 0 Å². The molecule has 0 fully saturated rings. The molecule has 0 amide bonds. The van der Waals surface area contributed by atoms with Gasteiger partial charge in [0.05, 0.1) is 31.5 Å². The van der Waals surface area contributed by atoms with Crippen LogP contribution in [-0.4, -0.2) is 42.2 Å². The Morgan fingerprint density at radius 3 is 2.50 bits per heavy atom. The molecule has 24 heavy (non-hydrogen) atoms. The minimum Gasteiger partial charge on any atom is -0.505 e. The van der Waals surface area contributed by atoms with Gasteiger partial charge in [-0.15, -0.1) is 0 Å². The number of anilines is 2. The molecule has 0 atom stereocenters. The van der Waals surface area contributed by atoms with Gasteiger partial charge in [-0.25, -0.2) is 0 Å².